The van der Waals surface area contributed by atoms with Gasteiger partial charge in [-0.05, 0) is 38.5 Å². The first kappa shape index (κ1) is 73.2. The molecule has 0 aliphatic heterocycles. The molecular formula is C65H131N2O6P. The molecule has 0 rings (SSSR count). The zero-order valence-electron chi connectivity index (χ0n) is 50.6. The summed E-state index contributed by atoms with van der Waals surface area (Å²) in [7, 11) is 1.32. The van der Waals surface area contributed by atoms with Crippen molar-refractivity contribution in [3.63, 3.8) is 0 Å². The van der Waals surface area contributed by atoms with E-state index in [1.807, 2.05) is 21.1 Å². The number of unbranched alkanes of at least 4 members (excludes halogenated alkanes) is 47. The fourth-order valence-corrected chi connectivity index (χ4v) is 11.1. The van der Waals surface area contributed by atoms with Crippen molar-refractivity contribution in [2.24, 2.45) is 0 Å². The van der Waals surface area contributed by atoms with Crippen molar-refractivity contribution < 1.29 is 32.9 Å². The smallest absolute Gasteiger partial charge is 0.268 e. The molecule has 0 saturated heterocycles. The first-order valence-corrected chi connectivity index (χ1v) is 34.5. The van der Waals surface area contributed by atoms with Gasteiger partial charge in [-0.15, -0.1) is 0 Å². The Morgan fingerprint density at radius 3 is 1.05 bits per heavy atom. The SMILES string of the molecule is CCCCCCCCCCCCCC/C=C\CCCCCCCCCCCCCCCCCC(=O)NC(COP(=O)([O-])OCC[N+](C)(C)C)C(O)CCCCCCCCCCCCCCCCCCCCCCC. The van der Waals surface area contributed by atoms with E-state index < -0.39 is 20.0 Å². The molecule has 3 atom stereocenters. The van der Waals surface area contributed by atoms with Gasteiger partial charge < -0.3 is 28.8 Å². The summed E-state index contributed by atoms with van der Waals surface area (Å²) >= 11 is 0. The fourth-order valence-electron chi connectivity index (χ4n) is 10.3. The highest BCUT2D eigenvalue weighted by molar-refractivity contribution is 7.45. The van der Waals surface area contributed by atoms with Gasteiger partial charge in [-0.1, -0.05) is 315 Å². The number of aliphatic hydroxyl groups excluding tert-OH is 1. The van der Waals surface area contributed by atoms with Crippen LogP contribution in [0.3, 0.4) is 0 Å². The Hall–Kier alpha value is -0.760. The second kappa shape index (κ2) is 56.9. The molecule has 0 fully saturated rings. The first-order chi connectivity index (χ1) is 36.0. The third-order valence-electron chi connectivity index (χ3n) is 15.5. The maximum atomic E-state index is 13.0. The van der Waals surface area contributed by atoms with Crippen molar-refractivity contribution in [1.82, 2.24) is 5.32 Å². The third kappa shape index (κ3) is 58.9. The Labute approximate surface area is 462 Å². The van der Waals surface area contributed by atoms with Crippen molar-refractivity contribution in [2.75, 3.05) is 40.9 Å². The molecule has 0 aromatic heterocycles. The van der Waals surface area contributed by atoms with Crippen LogP contribution in [-0.4, -0.2) is 68.5 Å². The largest absolute Gasteiger partial charge is 0.756 e. The Balaban J connectivity index is 4.01. The van der Waals surface area contributed by atoms with Crippen LogP contribution in [0.5, 0.6) is 0 Å². The number of amides is 1. The van der Waals surface area contributed by atoms with E-state index >= 15 is 0 Å². The number of nitrogens with zero attached hydrogens (tertiary/aromatic N) is 1. The molecule has 0 aliphatic carbocycles. The van der Waals surface area contributed by atoms with Crippen LogP contribution in [0.1, 0.15) is 348 Å². The average molecular weight is 1070 g/mol. The van der Waals surface area contributed by atoms with Crippen molar-refractivity contribution in [1.29, 1.82) is 0 Å². The highest BCUT2D eigenvalue weighted by Gasteiger charge is 2.24. The highest BCUT2D eigenvalue weighted by atomic mass is 31.2. The van der Waals surface area contributed by atoms with Crippen molar-refractivity contribution in [3.05, 3.63) is 12.2 Å². The number of phosphoric acid groups is 1. The molecule has 0 heterocycles. The fraction of sp³-hybridized carbons (Fsp3) is 0.954. The van der Waals surface area contributed by atoms with Crippen LogP contribution in [0.25, 0.3) is 0 Å². The van der Waals surface area contributed by atoms with Crippen LogP contribution in [0.15, 0.2) is 12.2 Å². The minimum absolute atomic E-state index is 0.0154. The second-order valence-corrected chi connectivity index (χ2v) is 25.6. The highest BCUT2D eigenvalue weighted by Crippen LogP contribution is 2.38. The molecule has 0 aliphatic rings. The molecule has 0 aromatic rings. The van der Waals surface area contributed by atoms with Gasteiger partial charge >= 0.3 is 0 Å². The Morgan fingerprint density at radius 2 is 0.743 bits per heavy atom. The summed E-state index contributed by atoms with van der Waals surface area (Å²) in [5.74, 6) is -0.157. The van der Waals surface area contributed by atoms with Crippen LogP contribution in [-0.2, 0) is 18.4 Å². The van der Waals surface area contributed by atoms with Crippen LogP contribution in [0.4, 0.5) is 0 Å². The van der Waals surface area contributed by atoms with Gasteiger partial charge in [-0.2, -0.15) is 0 Å². The zero-order chi connectivity index (χ0) is 54.2. The number of quaternary nitrogens is 1. The average Bonchev–Trinajstić information content (AvgIpc) is 3.36. The van der Waals surface area contributed by atoms with Gasteiger partial charge in [0.25, 0.3) is 7.82 Å². The molecular weight excluding hydrogens is 936 g/mol. The van der Waals surface area contributed by atoms with Gasteiger partial charge in [0, 0.05) is 6.42 Å². The lowest BCUT2D eigenvalue weighted by atomic mass is 10.0. The topological polar surface area (TPSA) is 108 Å². The summed E-state index contributed by atoms with van der Waals surface area (Å²) in [5, 5.41) is 14.1. The standard InChI is InChI=1S/C65H131N2O6P/c1-6-8-10-12-14-16-18-20-22-24-26-28-29-30-31-32-33-34-35-36-37-39-41-43-45-47-49-51-53-55-57-59-65(69)66-63(62-73-74(70,71)72-61-60-67(3,4)5)64(68)58-56-54-52-50-48-46-44-42-40-38-27-25-23-21-19-17-15-13-11-9-7-2/h30-31,63-64,68H,6-29,32-62H2,1-5H3,(H-,66,69,70,71)/b31-30-. The molecule has 1 amide bonds. The minimum Gasteiger partial charge on any atom is -0.756 e. The summed E-state index contributed by atoms with van der Waals surface area (Å²) in [5.41, 5.74) is 0. The van der Waals surface area contributed by atoms with Crippen LogP contribution < -0.4 is 10.2 Å². The van der Waals surface area contributed by atoms with E-state index in [0.717, 1.165) is 38.5 Å². The van der Waals surface area contributed by atoms with E-state index in [1.165, 1.54) is 283 Å². The molecule has 0 spiro atoms. The van der Waals surface area contributed by atoms with Crippen LogP contribution in [0, 0.1) is 0 Å². The zero-order valence-corrected chi connectivity index (χ0v) is 51.5. The predicted octanol–water partition coefficient (Wildman–Crippen LogP) is 19.9. The van der Waals surface area contributed by atoms with E-state index in [4.69, 9.17) is 9.05 Å². The minimum atomic E-state index is -4.57. The Bertz CT molecular complexity index is 1210. The quantitative estimate of drug-likeness (QED) is 0.0272. The molecule has 0 bridgehead atoms. The number of carbonyl (C=O) groups is 1. The van der Waals surface area contributed by atoms with Gasteiger partial charge in [0.05, 0.1) is 39.9 Å². The molecule has 9 heteroatoms. The van der Waals surface area contributed by atoms with Crippen LogP contribution in [0.2, 0.25) is 0 Å². The lowest BCUT2D eigenvalue weighted by Gasteiger charge is -2.30. The number of nitrogens with one attached hydrogen (secondary N) is 1. The lowest BCUT2D eigenvalue weighted by molar-refractivity contribution is -0.870. The van der Waals surface area contributed by atoms with Crippen molar-refractivity contribution in [3.8, 4) is 0 Å². The summed E-state index contributed by atoms with van der Waals surface area (Å²) in [6, 6.07) is -0.798. The van der Waals surface area contributed by atoms with Crippen molar-refractivity contribution in [2.45, 2.75) is 360 Å². The maximum absolute atomic E-state index is 13.0. The summed E-state index contributed by atoms with van der Waals surface area (Å²) in [6.07, 6.45) is 71.3. The van der Waals surface area contributed by atoms with Gasteiger partial charge in [0.2, 0.25) is 5.91 Å². The molecule has 74 heavy (non-hydrogen) atoms. The van der Waals surface area contributed by atoms with Gasteiger partial charge in [0.1, 0.15) is 13.2 Å². The van der Waals surface area contributed by atoms with E-state index in [1.54, 1.807) is 0 Å². The van der Waals surface area contributed by atoms with Crippen LogP contribution >= 0.6 is 7.82 Å². The summed E-state index contributed by atoms with van der Waals surface area (Å²) < 4.78 is 23.5. The number of hydrogen-bond acceptors (Lipinski definition) is 6. The Morgan fingerprint density at radius 1 is 0.459 bits per heavy atom. The number of allylic oxidation sites excluding steroid dienone is 2. The van der Waals surface area contributed by atoms with E-state index in [-0.39, 0.29) is 19.1 Å². The van der Waals surface area contributed by atoms with Crippen molar-refractivity contribution >= 4 is 13.7 Å². The summed E-state index contributed by atoms with van der Waals surface area (Å²) in [6.45, 7) is 4.78. The third-order valence-corrected chi connectivity index (χ3v) is 16.5. The number of phosphoric ester groups is 1. The number of likely N-dealkylation sites (N-methyl/N-ethyl adjacent to an activating group) is 1. The molecule has 2 N–H and O–H groups in total. The number of hydrogen-bond donors (Lipinski definition) is 2. The normalized spacial score (nSPS) is 13.8. The number of aliphatic hydroxyl groups is 1. The Kier molecular flexibility index (Phi) is 56.4. The predicted molar refractivity (Wildman–Crippen MR) is 321 cm³/mol. The van der Waals surface area contributed by atoms with E-state index in [9.17, 15) is 19.4 Å². The molecule has 3 unspecified atom stereocenters. The van der Waals surface area contributed by atoms with E-state index in [2.05, 4.69) is 31.3 Å². The summed E-state index contributed by atoms with van der Waals surface area (Å²) in [4.78, 5) is 25.6. The number of carbonyl (C=O) groups excluding carboxylic acids is 1. The molecule has 0 saturated carbocycles. The molecule has 0 radical (unpaired) electrons. The second-order valence-electron chi connectivity index (χ2n) is 24.2. The molecule has 8 nitrogen and oxygen atoms in total. The van der Waals surface area contributed by atoms with E-state index in [0.29, 0.717) is 23.9 Å². The molecule has 0 aromatic carbocycles. The molecule has 442 valence electrons. The van der Waals surface area contributed by atoms with Gasteiger partial charge in [-0.25, -0.2) is 0 Å². The maximum Gasteiger partial charge on any atom is 0.268 e. The number of rotatable bonds is 62. The van der Waals surface area contributed by atoms with Gasteiger partial charge in [0.15, 0.2) is 0 Å². The lowest BCUT2D eigenvalue weighted by Crippen LogP contribution is -2.46. The van der Waals surface area contributed by atoms with Gasteiger partial charge in [-0.3, -0.25) is 9.36 Å². The first-order valence-electron chi connectivity index (χ1n) is 33.0. The monoisotopic (exact) mass is 1070 g/mol.